The molecule has 0 unspecified atom stereocenters. The molecule has 2 heteroatoms. The van der Waals surface area contributed by atoms with Crippen LogP contribution in [0.4, 0.5) is 0 Å². The first-order chi connectivity index (χ1) is 16.4. The van der Waals surface area contributed by atoms with Gasteiger partial charge in [0.05, 0.1) is 6.61 Å². The van der Waals surface area contributed by atoms with E-state index in [-0.39, 0.29) is 0 Å². The fraction of sp³-hybridized carbons (Fsp3) is 0.581. The molecule has 0 aliphatic heterocycles. The maximum absolute atomic E-state index is 5.91. The van der Waals surface area contributed by atoms with Crippen molar-refractivity contribution in [3.63, 3.8) is 0 Å². The lowest BCUT2D eigenvalue weighted by Crippen LogP contribution is -1.97. The molecule has 0 radical (unpaired) electrons. The van der Waals surface area contributed by atoms with Gasteiger partial charge in [0.25, 0.3) is 0 Å². The van der Waals surface area contributed by atoms with E-state index in [2.05, 4.69) is 48.3 Å². The number of hydrogen-bond acceptors (Lipinski definition) is 2. The zero-order valence-corrected chi connectivity index (χ0v) is 21.1. The molecular weight excluding hydrogens is 402 g/mol. The summed E-state index contributed by atoms with van der Waals surface area (Å²) in [5, 5.41) is 0. The summed E-state index contributed by atoms with van der Waals surface area (Å²) in [6.07, 6.45) is 30.2. The molecule has 33 heavy (non-hydrogen) atoms. The van der Waals surface area contributed by atoms with E-state index >= 15 is 0 Å². The minimum absolute atomic E-state index is 0.824. The van der Waals surface area contributed by atoms with Crippen molar-refractivity contribution >= 4 is 12.2 Å². The van der Waals surface area contributed by atoms with Crippen LogP contribution in [-0.4, -0.2) is 11.6 Å². The molecule has 2 aromatic rings. The summed E-state index contributed by atoms with van der Waals surface area (Å²) in [4.78, 5) is 4.04. The number of hydrogen-bond donors (Lipinski definition) is 0. The maximum atomic E-state index is 5.91. The van der Waals surface area contributed by atoms with Crippen LogP contribution in [0.2, 0.25) is 0 Å². The highest BCUT2D eigenvalue weighted by Gasteiger charge is 1.97. The van der Waals surface area contributed by atoms with Crippen LogP contribution in [0.15, 0.2) is 48.8 Å². The molecule has 182 valence electrons. The molecule has 0 aliphatic rings. The normalized spacial score (nSPS) is 11.3. The highest BCUT2D eigenvalue weighted by Crippen LogP contribution is 2.16. The summed E-state index contributed by atoms with van der Waals surface area (Å²) >= 11 is 0. The van der Waals surface area contributed by atoms with Crippen LogP contribution in [0.1, 0.15) is 121 Å². The van der Waals surface area contributed by atoms with Gasteiger partial charge in [-0.1, -0.05) is 128 Å². The molecule has 0 atom stereocenters. The number of pyridine rings is 1. The minimum Gasteiger partial charge on any atom is -0.494 e. The molecule has 1 aromatic heterocycles. The number of aromatic nitrogens is 1. The fourth-order valence-corrected chi connectivity index (χ4v) is 4.18. The van der Waals surface area contributed by atoms with Gasteiger partial charge in [-0.05, 0) is 41.8 Å². The van der Waals surface area contributed by atoms with Crippen LogP contribution in [0.3, 0.4) is 0 Å². The molecule has 0 fully saturated rings. The van der Waals surface area contributed by atoms with Gasteiger partial charge in [-0.3, -0.25) is 4.98 Å². The van der Waals surface area contributed by atoms with E-state index < -0.39 is 0 Å². The van der Waals surface area contributed by atoms with Crippen molar-refractivity contribution in [2.24, 2.45) is 0 Å². The average molecular weight is 450 g/mol. The van der Waals surface area contributed by atoms with Crippen molar-refractivity contribution in [2.45, 2.75) is 110 Å². The first kappa shape index (κ1) is 27.2. The van der Waals surface area contributed by atoms with Crippen molar-refractivity contribution in [1.29, 1.82) is 0 Å². The van der Waals surface area contributed by atoms with Crippen molar-refractivity contribution in [3.8, 4) is 5.75 Å². The maximum Gasteiger partial charge on any atom is 0.119 e. The topological polar surface area (TPSA) is 22.1 Å². The zero-order chi connectivity index (χ0) is 23.2. The first-order valence-electron chi connectivity index (χ1n) is 13.7. The summed E-state index contributed by atoms with van der Waals surface area (Å²) in [7, 11) is 0. The Morgan fingerprint density at radius 3 is 1.45 bits per heavy atom. The van der Waals surface area contributed by atoms with E-state index in [1.807, 2.05) is 24.5 Å². The molecule has 2 nitrogen and oxygen atoms in total. The monoisotopic (exact) mass is 449 g/mol. The summed E-state index contributed by atoms with van der Waals surface area (Å²) in [5.41, 5.74) is 2.34. The molecule has 0 N–H and O–H groups in total. The van der Waals surface area contributed by atoms with Gasteiger partial charge in [-0.2, -0.15) is 0 Å². The van der Waals surface area contributed by atoms with Gasteiger partial charge >= 0.3 is 0 Å². The number of ether oxygens (including phenoxy) is 1. The Bertz CT molecular complexity index is 707. The van der Waals surface area contributed by atoms with Crippen LogP contribution < -0.4 is 4.74 Å². The van der Waals surface area contributed by atoms with E-state index in [1.54, 1.807) is 0 Å². The average Bonchev–Trinajstić information content (AvgIpc) is 2.86. The Morgan fingerprint density at radius 1 is 0.545 bits per heavy atom. The van der Waals surface area contributed by atoms with Crippen LogP contribution in [0.25, 0.3) is 12.2 Å². The van der Waals surface area contributed by atoms with Gasteiger partial charge in [-0.25, -0.2) is 0 Å². The van der Waals surface area contributed by atoms with E-state index in [0.717, 1.165) is 24.3 Å². The van der Waals surface area contributed by atoms with Gasteiger partial charge in [0.2, 0.25) is 0 Å². The third-order valence-corrected chi connectivity index (χ3v) is 6.32. The van der Waals surface area contributed by atoms with Crippen molar-refractivity contribution in [2.75, 3.05) is 6.61 Å². The Labute approximate surface area is 203 Å². The molecule has 0 saturated heterocycles. The molecular formula is C31H47NO. The summed E-state index contributed by atoms with van der Waals surface area (Å²) in [6.45, 7) is 3.12. The second-order valence-corrected chi connectivity index (χ2v) is 9.33. The SMILES string of the molecule is CCCCCCCCCCCCCCCCCCOc1ccc(/C=C/c2ccncc2)cc1. The quantitative estimate of drug-likeness (QED) is 0.188. The number of benzene rings is 1. The Balaban J connectivity index is 1.37. The lowest BCUT2D eigenvalue weighted by molar-refractivity contribution is 0.304. The molecule has 0 amide bonds. The standard InChI is InChI=1S/C31H47NO/c1-2-3-4-5-6-7-8-9-10-11-12-13-14-15-16-17-28-33-31-22-20-29(21-23-31)18-19-30-24-26-32-27-25-30/h18-27H,2-17,28H2,1H3/b19-18+. The molecule has 1 aromatic carbocycles. The van der Waals surface area contributed by atoms with Crippen LogP contribution in [-0.2, 0) is 0 Å². The van der Waals surface area contributed by atoms with E-state index in [1.165, 1.54) is 102 Å². The number of rotatable bonds is 20. The highest BCUT2D eigenvalue weighted by atomic mass is 16.5. The predicted molar refractivity (Wildman–Crippen MR) is 145 cm³/mol. The first-order valence-corrected chi connectivity index (χ1v) is 13.7. The second kappa shape index (κ2) is 19.4. The van der Waals surface area contributed by atoms with Gasteiger partial charge in [0.1, 0.15) is 5.75 Å². The third-order valence-electron chi connectivity index (χ3n) is 6.32. The lowest BCUT2D eigenvalue weighted by Gasteiger charge is -2.07. The Morgan fingerprint density at radius 2 is 0.970 bits per heavy atom. The summed E-state index contributed by atoms with van der Waals surface area (Å²) < 4.78 is 5.91. The van der Waals surface area contributed by atoms with E-state index in [4.69, 9.17) is 4.74 Å². The number of nitrogens with zero attached hydrogens (tertiary/aromatic N) is 1. The molecule has 2 rings (SSSR count). The van der Waals surface area contributed by atoms with Gasteiger partial charge in [0, 0.05) is 12.4 Å². The lowest BCUT2D eigenvalue weighted by atomic mass is 10.0. The molecule has 0 spiro atoms. The van der Waals surface area contributed by atoms with Crippen LogP contribution in [0.5, 0.6) is 5.75 Å². The van der Waals surface area contributed by atoms with Crippen LogP contribution >= 0.6 is 0 Å². The summed E-state index contributed by atoms with van der Waals surface area (Å²) in [5.74, 6) is 0.969. The second-order valence-electron chi connectivity index (χ2n) is 9.33. The molecule has 0 saturated carbocycles. The van der Waals surface area contributed by atoms with Crippen molar-refractivity contribution in [1.82, 2.24) is 4.98 Å². The molecule has 1 heterocycles. The Kier molecular flexibility index (Phi) is 16.0. The highest BCUT2D eigenvalue weighted by molar-refractivity contribution is 5.69. The fourth-order valence-electron chi connectivity index (χ4n) is 4.18. The predicted octanol–water partition coefficient (Wildman–Crippen LogP) is 9.89. The van der Waals surface area contributed by atoms with Gasteiger partial charge in [0.15, 0.2) is 0 Å². The van der Waals surface area contributed by atoms with Gasteiger partial charge < -0.3 is 4.74 Å². The van der Waals surface area contributed by atoms with Gasteiger partial charge in [-0.15, -0.1) is 0 Å². The van der Waals surface area contributed by atoms with E-state index in [9.17, 15) is 0 Å². The van der Waals surface area contributed by atoms with E-state index in [0.29, 0.717) is 0 Å². The third kappa shape index (κ3) is 14.6. The smallest absolute Gasteiger partial charge is 0.119 e. The van der Waals surface area contributed by atoms with Crippen molar-refractivity contribution < 1.29 is 4.74 Å². The van der Waals surface area contributed by atoms with Crippen LogP contribution in [0, 0.1) is 0 Å². The molecule has 0 bridgehead atoms. The summed E-state index contributed by atoms with van der Waals surface area (Å²) in [6, 6.07) is 12.4. The minimum atomic E-state index is 0.824. The number of unbranched alkanes of at least 4 members (excludes halogenated alkanes) is 15. The molecule has 0 aliphatic carbocycles. The Hall–Kier alpha value is -2.09. The van der Waals surface area contributed by atoms with Crippen molar-refractivity contribution in [3.05, 3.63) is 59.9 Å². The largest absolute Gasteiger partial charge is 0.494 e. The zero-order valence-electron chi connectivity index (χ0n) is 21.1.